The first-order chi connectivity index (χ1) is 12.1. The van der Waals surface area contributed by atoms with E-state index in [0.29, 0.717) is 5.56 Å². The first-order valence-electron chi connectivity index (χ1n) is 8.56. The van der Waals surface area contributed by atoms with Crippen LogP contribution < -0.4 is 5.32 Å². The lowest BCUT2D eigenvalue weighted by atomic mass is 10.0. The van der Waals surface area contributed by atoms with Crippen molar-refractivity contribution in [2.24, 2.45) is 0 Å². The molecule has 1 N–H and O–H groups in total. The van der Waals surface area contributed by atoms with Gasteiger partial charge in [-0.15, -0.1) is 10.2 Å². The van der Waals surface area contributed by atoms with E-state index < -0.39 is 0 Å². The van der Waals surface area contributed by atoms with E-state index in [1.807, 2.05) is 61.1 Å². The molecule has 0 unspecified atom stereocenters. The summed E-state index contributed by atoms with van der Waals surface area (Å²) in [6.07, 6.45) is 5.65. The van der Waals surface area contributed by atoms with Crippen molar-refractivity contribution >= 4 is 5.91 Å². The van der Waals surface area contributed by atoms with Gasteiger partial charge >= 0.3 is 0 Å². The molecule has 4 rings (SSSR count). The molecule has 3 aromatic rings. The van der Waals surface area contributed by atoms with Gasteiger partial charge in [-0.25, -0.2) is 0 Å². The quantitative estimate of drug-likeness (QED) is 0.799. The fourth-order valence-electron chi connectivity index (χ4n) is 3.51. The number of amides is 1. The zero-order valence-electron chi connectivity index (χ0n) is 14.4. The van der Waals surface area contributed by atoms with Crippen LogP contribution in [0.15, 0.2) is 42.7 Å². The largest absolute Gasteiger partial charge is 0.347 e. The van der Waals surface area contributed by atoms with Crippen LogP contribution in [0.3, 0.4) is 0 Å². The Hall–Kier alpha value is -2.89. The van der Waals surface area contributed by atoms with Crippen LogP contribution >= 0.6 is 0 Å². The first-order valence-corrected chi connectivity index (χ1v) is 8.56. The van der Waals surface area contributed by atoms with Crippen LogP contribution in [0.5, 0.6) is 0 Å². The lowest BCUT2D eigenvalue weighted by Gasteiger charge is -2.25. The van der Waals surface area contributed by atoms with Crippen LogP contribution in [-0.2, 0) is 13.0 Å². The molecule has 1 aromatic carbocycles. The maximum atomic E-state index is 13.0. The van der Waals surface area contributed by atoms with Crippen LogP contribution in [0.2, 0.25) is 0 Å². The SMILES string of the molecule is Cc1cccc(C(=O)N[C@H]2CCc3nnc(C)n3C2)c1-n1cccc1. The highest BCUT2D eigenvalue weighted by atomic mass is 16.1. The minimum Gasteiger partial charge on any atom is -0.347 e. The monoisotopic (exact) mass is 335 g/mol. The number of hydrogen-bond donors (Lipinski definition) is 1. The fraction of sp³-hybridized carbons (Fsp3) is 0.316. The van der Waals surface area contributed by atoms with E-state index in [1.54, 1.807) is 0 Å². The first kappa shape index (κ1) is 15.6. The molecule has 1 aliphatic rings. The van der Waals surface area contributed by atoms with Crippen LogP contribution in [-0.4, -0.2) is 31.3 Å². The van der Waals surface area contributed by atoms with Gasteiger partial charge in [0.05, 0.1) is 11.3 Å². The molecule has 0 saturated carbocycles. The smallest absolute Gasteiger partial charge is 0.253 e. The molecule has 0 fully saturated rings. The fourth-order valence-corrected chi connectivity index (χ4v) is 3.51. The standard InChI is InChI=1S/C19H21N5O/c1-13-6-5-7-16(18(13)23-10-3-4-11-23)19(25)20-15-8-9-17-22-21-14(2)24(17)12-15/h3-7,10-11,15H,8-9,12H2,1-2H3,(H,20,25)/t15-/m0/s1. The van der Waals surface area contributed by atoms with Crippen LogP contribution in [0, 0.1) is 13.8 Å². The predicted molar refractivity (Wildman–Crippen MR) is 94.8 cm³/mol. The normalized spacial score (nSPS) is 16.5. The number of aryl methyl sites for hydroxylation is 3. The summed E-state index contributed by atoms with van der Waals surface area (Å²) in [4.78, 5) is 13.0. The topological polar surface area (TPSA) is 64.7 Å². The van der Waals surface area contributed by atoms with Crippen LogP contribution in [0.25, 0.3) is 5.69 Å². The Labute approximate surface area is 146 Å². The second kappa shape index (κ2) is 6.20. The van der Waals surface area contributed by atoms with Gasteiger partial charge < -0.3 is 14.5 Å². The van der Waals surface area contributed by atoms with Gasteiger partial charge in [0.15, 0.2) is 0 Å². The molecule has 6 nitrogen and oxygen atoms in total. The van der Waals surface area contributed by atoms with Crippen LogP contribution in [0.4, 0.5) is 0 Å². The Morgan fingerprint density at radius 2 is 1.96 bits per heavy atom. The Morgan fingerprint density at radius 3 is 2.76 bits per heavy atom. The number of rotatable bonds is 3. The third-order valence-electron chi connectivity index (χ3n) is 4.81. The van der Waals surface area contributed by atoms with Gasteiger partial charge in [-0.2, -0.15) is 0 Å². The molecule has 1 atom stereocenters. The number of carbonyl (C=O) groups excluding carboxylic acids is 1. The van der Waals surface area contributed by atoms with E-state index >= 15 is 0 Å². The molecule has 3 heterocycles. The van der Waals surface area contributed by atoms with Crippen molar-refractivity contribution in [3.63, 3.8) is 0 Å². The predicted octanol–water partition coefficient (Wildman–Crippen LogP) is 2.43. The van der Waals surface area contributed by atoms with E-state index in [-0.39, 0.29) is 11.9 Å². The minimum absolute atomic E-state index is 0.0356. The average molecular weight is 335 g/mol. The van der Waals surface area contributed by atoms with Gasteiger partial charge in [0.1, 0.15) is 11.6 Å². The van der Waals surface area contributed by atoms with Crippen molar-refractivity contribution in [1.29, 1.82) is 0 Å². The second-order valence-corrected chi connectivity index (χ2v) is 6.54. The maximum Gasteiger partial charge on any atom is 0.253 e. The molecular formula is C19H21N5O. The average Bonchev–Trinajstić information content (AvgIpc) is 3.25. The van der Waals surface area contributed by atoms with Crippen molar-refractivity contribution < 1.29 is 4.79 Å². The summed E-state index contributed by atoms with van der Waals surface area (Å²) in [6, 6.07) is 9.86. The highest BCUT2D eigenvalue weighted by molar-refractivity contribution is 5.98. The van der Waals surface area contributed by atoms with Gasteiger partial charge in [-0.05, 0) is 44.0 Å². The summed E-state index contributed by atoms with van der Waals surface area (Å²) in [6.45, 7) is 4.70. The molecule has 2 aromatic heterocycles. The Morgan fingerprint density at radius 1 is 1.16 bits per heavy atom. The Balaban J connectivity index is 1.59. The lowest BCUT2D eigenvalue weighted by molar-refractivity contribution is 0.0927. The summed E-state index contributed by atoms with van der Waals surface area (Å²) < 4.78 is 4.09. The van der Waals surface area contributed by atoms with Gasteiger partial charge in [0.2, 0.25) is 0 Å². The van der Waals surface area contributed by atoms with Crippen molar-refractivity contribution in [3.05, 3.63) is 65.5 Å². The molecule has 0 radical (unpaired) electrons. The van der Waals surface area contributed by atoms with E-state index in [9.17, 15) is 4.79 Å². The van der Waals surface area contributed by atoms with Crippen LogP contribution in [0.1, 0.15) is 34.0 Å². The lowest BCUT2D eigenvalue weighted by Crippen LogP contribution is -2.41. The molecule has 1 aliphatic heterocycles. The molecule has 0 saturated heterocycles. The van der Waals surface area contributed by atoms with E-state index in [0.717, 1.165) is 42.3 Å². The third-order valence-corrected chi connectivity index (χ3v) is 4.81. The van der Waals surface area contributed by atoms with Gasteiger partial charge in [0, 0.05) is 31.4 Å². The Bertz CT molecular complexity index is 910. The van der Waals surface area contributed by atoms with Gasteiger partial charge in [-0.1, -0.05) is 12.1 Å². The highest BCUT2D eigenvalue weighted by Gasteiger charge is 2.24. The molecule has 25 heavy (non-hydrogen) atoms. The zero-order chi connectivity index (χ0) is 17.4. The maximum absolute atomic E-state index is 13.0. The van der Waals surface area contributed by atoms with Gasteiger partial charge in [-0.3, -0.25) is 4.79 Å². The molecule has 6 heteroatoms. The summed E-state index contributed by atoms with van der Waals surface area (Å²) in [5.41, 5.74) is 2.70. The highest BCUT2D eigenvalue weighted by Crippen LogP contribution is 2.21. The van der Waals surface area contributed by atoms with Crippen molar-refractivity contribution in [3.8, 4) is 5.69 Å². The number of aromatic nitrogens is 4. The molecule has 1 amide bonds. The molecule has 0 aliphatic carbocycles. The summed E-state index contributed by atoms with van der Waals surface area (Å²) in [7, 11) is 0. The molecule has 0 spiro atoms. The zero-order valence-corrected chi connectivity index (χ0v) is 14.4. The summed E-state index contributed by atoms with van der Waals surface area (Å²) >= 11 is 0. The number of benzene rings is 1. The minimum atomic E-state index is -0.0356. The second-order valence-electron chi connectivity index (χ2n) is 6.54. The number of fused-ring (bicyclic) bond motifs is 1. The van der Waals surface area contributed by atoms with Crippen molar-refractivity contribution in [1.82, 2.24) is 24.6 Å². The van der Waals surface area contributed by atoms with Crippen molar-refractivity contribution in [2.45, 2.75) is 39.3 Å². The third kappa shape index (κ3) is 2.84. The van der Waals surface area contributed by atoms with Gasteiger partial charge in [0.25, 0.3) is 5.91 Å². The molecule has 128 valence electrons. The summed E-state index contributed by atoms with van der Waals surface area (Å²) in [5, 5.41) is 11.5. The number of carbonyl (C=O) groups is 1. The molecular weight excluding hydrogens is 314 g/mol. The van der Waals surface area contributed by atoms with Crippen molar-refractivity contribution in [2.75, 3.05) is 0 Å². The Kier molecular flexibility index (Phi) is 3.87. The number of para-hydroxylation sites is 1. The summed E-state index contributed by atoms with van der Waals surface area (Å²) in [5.74, 6) is 1.87. The number of hydrogen-bond acceptors (Lipinski definition) is 3. The van der Waals surface area contributed by atoms with E-state index in [1.165, 1.54) is 0 Å². The number of nitrogens with zero attached hydrogens (tertiary/aromatic N) is 4. The van der Waals surface area contributed by atoms with E-state index in [4.69, 9.17) is 0 Å². The molecule has 0 bridgehead atoms. The number of nitrogens with one attached hydrogen (secondary N) is 1. The van der Waals surface area contributed by atoms with E-state index in [2.05, 4.69) is 20.1 Å².